The molecule has 7 nitrogen and oxygen atoms in total. The Labute approximate surface area is 205 Å². The molecule has 2 aliphatic rings. The summed E-state index contributed by atoms with van der Waals surface area (Å²) in [5.41, 5.74) is 2.56. The summed E-state index contributed by atoms with van der Waals surface area (Å²) in [6.45, 7) is 3.36. The number of nitrogens with zero attached hydrogens (tertiary/aromatic N) is 2. The number of benzene rings is 3. The van der Waals surface area contributed by atoms with Gasteiger partial charge in [0.05, 0.1) is 30.5 Å². The minimum atomic E-state index is -0.689. The van der Waals surface area contributed by atoms with Crippen LogP contribution in [0.2, 0.25) is 0 Å². The fourth-order valence-electron chi connectivity index (χ4n) is 4.61. The van der Waals surface area contributed by atoms with Crippen LogP contribution in [0.4, 0.5) is 11.4 Å². The molecule has 0 aromatic heterocycles. The number of amides is 2. The van der Waals surface area contributed by atoms with Crippen molar-refractivity contribution in [2.45, 2.75) is 25.5 Å². The summed E-state index contributed by atoms with van der Waals surface area (Å²) < 4.78 is 12.0. The molecule has 0 bridgehead atoms. The molecule has 0 fully saturated rings. The molecule has 3 aromatic carbocycles. The maximum absolute atomic E-state index is 14.0. The van der Waals surface area contributed by atoms with Gasteiger partial charge >= 0.3 is 0 Å². The van der Waals surface area contributed by atoms with Crippen LogP contribution in [-0.2, 0) is 9.59 Å². The Bertz CT molecular complexity index is 1200. The number of ether oxygens (including phenoxy) is 2. The zero-order chi connectivity index (χ0) is 24.2. The molecule has 3 aromatic rings. The van der Waals surface area contributed by atoms with Crippen LogP contribution in [0.15, 0.2) is 78.9 Å². The normalized spacial score (nSPS) is 18.5. The van der Waals surface area contributed by atoms with E-state index in [4.69, 9.17) is 9.47 Å². The summed E-state index contributed by atoms with van der Waals surface area (Å²) in [5.74, 6) is 1.05. The molecule has 1 N–H and O–H groups in total. The maximum Gasteiger partial charge on any atom is 0.262 e. The number of carbonyl (C=O) groups excluding carboxylic acids is 2. The molecule has 2 aliphatic heterocycles. The lowest BCUT2D eigenvalue weighted by atomic mass is 10.0. The topological polar surface area (TPSA) is 71.1 Å². The summed E-state index contributed by atoms with van der Waals surface area (Å²) in [6, 6.07) is 24.8. The average molecular weight is 472 g/mol. The third-order valence-corrected chi connectivity index (χ3v) is 6.32. The Morgan fingerprint density at radius 1 is 0.914 bits per heavy atom. The van der Waals surface area contributed by atoms with Gasteiger partial charge in [0.1, 0.15) is 18.1 Å². The van der Waals surface area contributed by atoms with E-state index in [1.54, 1.807) is 0 Å². The van der Waals surface area contributed by atoms with Gasteiger partial charge in [-0.25, -0.2) is 0 Å². The summed E-state index contributed by atoms with van der Waals surface area (Å²) in [6.07, 6.45) is 0.153. The van der Waals surface area contributed by atoms with E-state index in [0.29, 0.717) is 31.2 Å². The van der Waals surface area contributed by atoms with Gasteiger partial charge in [0.2, 0.25) is 5.91 Å². The first-order valence-electron chi connectivity index (χ1n) is 12.0. The van der Waals surface area contributed by atoms with E-state index in [1.807, 2.05) is 95.6 Å². The lowest BCUT2D eigenvalue weighted by Crippen LogP contribution is -2.52. The van der Waals surface area contributed by atoms with Crippen LogP contribution in [0.5, 0.6) is 11.5 Å². The van der Waals surface area contributed by atoms with Gasteiger partial charge in [0.15, 0.2) is 6.10 Å². The highest BCUT2D eigenvalue weighted by molar-refractivity contribution is 5.99. The Kier molecular flexibility index (Phi) is 6.57. The lowest BCUT2D eigenvalue weighted by molar-refractivity contribution is -0.128. The summed E-state index contributed by atoms with van der Waals surface area (Å²) >= 11 is 0. The van der Waals surface area contributed by atoms with Gasteiger partial charge in [-0.1, -0.05) is 61.5 Å². The second kappa shape index (κ2) is 10.1. The molecule has 0 radical (unpaired) electrons. The third-order valence-electron chi connectivity index (χ3n) is 6.32. The summed E-state index contributed by atoms with van der Waals surface area (Å²) in [4.78, 5) is 30.5. The van der Waals surface area contributed by atoms with Gasteiger partial charge < -0.3 is 19.7 Å². The molecular formula is C28H29N3O4. The van der Waals surface area contributed by atoms with Crippen LogP contribution in [0, 0.1) is 0 Å². The number of rotatable bonds is 6. The Morgan fingerprint density at radius 3 is 2.37 bits per heavy atom. The van der Waals surface area contributed by atoms with Crippen molar-refractivity contribution in [1.29, 1.82) is 0 Å². The monoisotopic (exact) mass is 471 g/mol. The quantitative estimate of drug-likeness (QED) is 0.590. The maximum atomic E-state index is 14.0. The fraction of sp³-hybridized carbons (Fsp3) is 0.286. The van der Waals surface area contributed by atoms with Crippen molar-refractivity contribution in [1.82, 2.24) is 5.32 Å². The van der Waals surface area contributed by atoms with E-state index >= 15 is 0 Å². The van der Waals surface area contributed by atoms with Crippen LogP contribution in [0.3, 0.4) is 0 Å². The van der Waals surface area contributed by atoms with Crippen LogP contribution >= 0.6 is 0 Å². The van der Waals surface area contributed by atoms with Crippen molar-refractivity contribution < 1.29 is 19.1 Å². The molecule has 0 spiro atoms. The number of hydrogen-bond acceptors (Lipinski definition) is 5. The van der Waals surface area contributed by atoms with E-state index in [9.17, 15) is 9.59 Å². The number of carbonyl (C=O) groups is 2. The number of para-hydroxylation sites is 4. The molecule has 180 valence electrons. The number of hydrogen-bond donors (Lipinski definition) is 1. The van der Waals surface area contributed by atoms with E-state index in [2.05, 4.69) is 5.32 Å². The van der Waals surface area contributed by atoms with Crippen molar-refractivity contribution in [2.75, 3.05) is 36.0 Å². The molecule has 5 rings (SSSR count). The highest BCUT2D eigenvalue weighted by Crippen LogP contribution is 2.40. The van der Waals surface area contributed by atoms with Crippen LogP contribution < -0.4 is 24.6 Å². The second-order valence-electron chi connectivity index (χ2n) is 8.71. The molecular weight excluding hydrogens is 442 g/mol. The molecule has 0 aliphatic carbocycles. The van der Waals surface area contributed by atoms with Gasteiger partial charge in [-0.3, -0.25) is 14.5 Å². The average Bonchev–Trinajstić information content (AvgIpc) is 2.91. The predicted molar refractivity (Wildman–Crippen MR) is 135 cm³/mol. The van der Waals surface area contributed by atoms with Gasteiger partial charge in [-0.05, 0) is 36.2 Å². The fourth-order valence-corrected chi connectivity index (χ4v) is 4.61. The SMILES string of the molecule is CCCNC(=O)C1CN(CC(=O)N2c3ccccc3OCC2c2ccccc2)c2ccccc2O1. The number of fused-ring (bicyclic) bond motifs is 2. The minimum Gasteiger partial charge on any atom is -0.489 e. The predicted octanol–water partition coefficient (Wildman–Crippen LogP) is 3.95. The van der Waals surface area contributed by atoms with Crippen LogP contribution in [-0.4, -0.2) is 44.2 Å². The van der Waals surface area contributed by atoms with Crippen molar-refractivity contribution in [3.8, 4) is 11.5 Å². The Balaban J connectivity index is 1.45. The van der Waals surface area contributed by atoms with Crippen molar-refractivity contribution in [3.63, 3.8) is 0 Å². The summed E-state index contributed by atoms with van der Waals surface area (Å²) in [5, 5.41) is 2.91. The summed E-state index contributed by atoms with van der Waals surface area (Å²) in [7, 11) is 0. The standard InChI is InChI=1S/C28H29N3O4/c1-2-16-29-28(33)26-17-30(21-12-6-9-15-25(21)35-26)18-27(32)31-22-13-7-8-14-24(22)34-19-23(31)20-10-4-3-5-11-20/h3-15,23,26H,2,16-19H2,1H3,(H,29,33). The zero-order valence-corrected chi connectivity index (χ0v) is 19.7. The van der Waals surface area contributed by atoms with Crippen LogP contribution in [0.25, 0.3) is 0 Å². The molecule has 7 heteroatoms. The first-order valence-corrected chi connectivity index (χ1v) is 12.0. The van der Waals surface area contributed by atoms with E-state index in [0.717, 1.165) is 23.4 Å². The van der Waals surface area contributed by atoms with Crippen molar-refractivity contribution >= 4 is 23.2 Å². The van der Waals surface area contributed by atoms with Gasteiger partial charge in [-0.2, -0.15) is 0 Å². The van der Waals surface area contributed by atoms with E-state index < -0.39 is 6.10 Å². The zero-order valence-electron chi connectivity index (χ0n) is 19.7. The Morgan fingerprint density at radius 2 is 1.60 bits per heavy atom. The first kappa shape index (κ1) is 22.8. The van der Waals surface area contributed by atoms with Crippen molar-refractivity contribution in [3.05, 3.63) is 84.4 Å². The Hall–Kier alpha value is -4.00. The van der Waals surface area contributed by atoms with Gasteiger partial charge in [0.25, 0.3) is 5.91 Å². The highest BCUT2D eigenvalue weighted by Gasteiger charge is 2.36. The first-order chi connectivity index (χ1) is 17.2. The van der Waals surface area contributed by atoms with Gasteiger partial charge in [-0.15, -0.1) is 0 Å². The molecule has 2 unspecified atom stereocenters. The largest absolute Gasteiger partial charge is 0.489 e. The lowest BCUT2D eigenvalue weighted by Gasteiger charge is -2.40. The third kappa shape index (κ3) is 4.67. The minimum absolute atomic E-state index is 0.0703. The van der Waals surface area contributed by atoms with Gasteiger partial charge in [0, 0.05) is 6.54 Å². The van der Waals surface area contributed by atoms with E-state index in [1.165, 1.54) is 0 Å². The van der Waals surface area contributed by atoms with Crippen LogP contribution in [0.1, 0.15) is 24.9 Å². The smallest absolute Gasteiger partial charge is 0.262 e. The molecule has 2 heterocycles. The number of anilines is 2. The molecule has 2 atom stereocenters. The van der Waals surface area contributed by atoms with Crippen molar-refractivity contribution in [2.24, 2.45) is 0 Å². The number of nitrogens with one attached hydrogen (secondary N) is 1. The second-order valence-corrected chi connectivity index (χ2v) is 8.71. The molecule has 0 saturated carbocycles. The van der Waals surface area contributed by atoms with E-state index in [-0.39, 0.29) is 24.4 Å². The molecule has 0 saturated heterocycles. The molecule has 35 heavy (non-hydrogen) atoms. The molecule has 2 amide bonds. The highest BCUT2D eigenvalue weighted by atomic mass is 16.5.